The van der Waals surface area contributed by atoms with Crippen LogP contribution in [-0.2, 0) is 4.79 Å². The van der Waals surface area contributed by atoms with Gasteiger partial charge in [-0.25, -0.2) is 4.39 Å². The van der Waals surface area contributed by atoms with Crippen LogP contribution in [0.4, 0.5) is 10.1 Å². The van der Waals surface area contributed by atoms with E-state index in [-0.39, 0.29) is 23.0 Å². The number of rotatable bonds is 6. The summed E-state index contributed by atoms with van der Waals surface area (Å²) in [5.74, 6) is -0.828. The number of nitrogens with zero attached hydrogens (tertiary/aromatic N) is 1. The number of hydrogen-bond donors (Lipinski definition) is 1. The lowest BCUT2D eigenvalue weighted by Crippen LogP contribution is -2.38. The van der Waals surface area contributed by atoms with E-state index >= 15 is 0 Å². The average molecular weight is 365 g/mol. The number of anilines is 1. The van der Waals surface area contributed by atoms with E-state index < -0.39 is 11.7 Å². The highest BCUT2D eigenvalue weighted by molar-refractivity contribution is 6.33. The number of methoxy groups -OCH3 is 1. The summed E-state index contributed by atoms with van der Waals surface area (Å²) in [6.07, 6.45) is 0. The van der Waals surface area contributed by atoms with Gasteiger partial charge in [0.2, 0.25) is 5.91 Å². The summed E-state index contributed by atoms with van der Waals surface area (Å²) in [6.45, 7) is 1.87. The van der Waals surface area contributed by atoms with Crippen LogP contribution in [0.5, 0.6) is 5.75 Å². The molecule has 25 heavy (non-hydrogen) atoms. The monoisotopic (exact) mass is 364 g/mol. The van der Waals surface area contributed by atoms with Crippen molar-refractivity contribution in [2.45, 2.75) is 6.92 Å². The Morgan fingerprint density at radius 3 is 2.60 bits per heavy atom. The minimum absolute atomic E-state index is 0.00795. The van der Waals surface area contributed by atoms with Crippen LogP contribution >= 0.6 is 11.6 Å². The smallest absolute Gasteiger partial charge is 0.255 e. The fourth-order valence-corrected chi connectivity index (χ4v) is 2.52. The highest BCUT2D eigenvalue weighted by atomic mass is 35.5. The van der Waals surface area contributed by atoms with E-state index in [1.807, 2.05) is 0 Å². The predicted octanol–water partition coefficient (Wildman–Crippen LogP) is 3.59. The first-order valence-corrected chi connectivity index (χ1v) is 8.01. The minimum atomic E-state index is -0.529. The second-order valence-corrected chi connectivity index (χ2v) is 5.60. The Labute approximate surface area is 150 Å². The first-order chi connectivity index (χ1) is 12.0. The van der Waals surface area contributed by atoms with Crippen molar-refractivity contribution < 1.29 is 18.7 Å². The van der Waals surface area contributed by atoms with Crippen LogP contribution in [0.3, 0.4) is 0 Å². The topological polar surface area (TPSA) is 58.6 Å². The minimum Gasteiger partial charge on any atom is -0.495 e. The first-order valence-electron chi connectivity index (χ1n) is 7.63. The number of nitrogens with one attached hydrogen (secondary N) is 1. The van der Waals surface area contributed by atoms with Gasteiger partial charge in [0.15, 0.2) is 0 Å². The molecule has 0 atom stereocenters. The van der Waals surface area contributed by atoms with Crippen LogP contribution in [0.2, 0.25) is 5.02 Å². The molecule has 1 N–H and O–H groups in total. The van der Waals surface area contributed by atoms with Crippen molar-refractivity contribution in [2.24, 2.45) is 0 Å². The van der Waals surface area contributed by atoms with Crippen LogP contribution in [0, 0.1) is 5.82 Å². The number of benzene rings is 2. The molecule has 2 aromatic rings. The molecule has 5 nitrogen and oxygen atoms in total. The van der Waals surface area contributed by atoms with Crippen molar-refractivity contribution in [3.63, 3.8) is 0 Å². The van der Waals surface area contributed by atoms with E-state index in [1.54, 1.807) is 31.2 Å². The lowest BCUT2D eigenvalue weighted by molar-refractivity contribution is -0.116. The first kappa shape index (κ1) is 18.7. The van der Waals surface area contributed by atoms with Gasteiger partial charge >= 0.3 is 0 Å². The molecule has 0 aliphatic rings. The third-order valence-electron chi connectivity index (χ3n) is 3.55. The maximum absolute atomic E-state index is 13.1. The summed E-state index contributed by atoms with van der Waals surface area (Å²) in [5, 5.41) is 2.71. The van der Waals surface area contributed by atoms with Gasteiger partial charge in [-0.2, -0.15) is 0 Å². The number of halogens is 2. The van der Waals surface area contributed by atoms with Gasteiger partial charge in [-0.15, -0.1) is 0 Å². The van der Waals surface area contributed by atoms with E-state index in [0.29, 0.717) is 18.0 Å². The van der Waals surface area contributed by atoms with Crippen molar-refractivity contribution in [2.75, 3.05) is 25.5 Å². The summed E-state index contributed by atoms with van der Waals surface area (Å²) in [5.41, 5.74) is 0.660. The molecule has 0 saturated heterocycles. The Morgan fingerprint density at radius 2 is 1.96 bits per heavy atom. The number of carbonyl (C=O) groups is 2. The fraction of sp³-hybridized carbons (Fsp3) is 0.222. The number of para-hydroxylation sites is 2. The molecule has 2 amide bonds. The molecule has 0 saturated carbocycles. The maximum atomic E-state index is 13.1. The zero-order valence-corrected chi connectivity index (χ0v) is 14.6. The van der Waals surface area contributed by atoms with Gasteiger partial charge in [0.25, 0.3) is 5.91 Å². The van der Waals surface area contributed by atoms with Gasteiger partial charge in [-0.1, -0.05) is 23.7 Å². The molecule has 7 heteroatoms. The SMILES string of the molecule is CCN(CC(=O)Nc1ccccc1OC)C(=O)c1ccc(F)cc1Cl. The van der Waals surface area contributed by atoms with E-state index in [9.17, 15) is 14.0 Å². The molecule has 0 spiro atoms. The molecule has 0 unspecified atom stereocenters. The molecule has 0 fully saturated rings. The molecular formula is C18H18ClFN2O3. The number of carbonyl (C=O) groups excluding carboxylic acids is 2. The lowest BCUT2D eigenvalue weighted by Gasteiger charge is -2.21. The lowest BCUT2D eigenvalue weighted by atomic mass is 10.2. The Kier molecular flexibility index (Phi) is 6.36. The van der Waals surface area contributed by atoms with Crippen molar-refractivity contribution in [1.82, 2.24) is 4.90 Å². The van der Waals surface area contributed by atoms with Gasteiger partial charge in [0.05, 0.1) is 23.4 Å². The second-order valence-electron chi connectivity index (χ2n) is 5.19. The molecule has 0 heterocycles. The molecule has 0 aromatic heterocycles. The van der Waals surface area contributed by atoms with Crippen LogP contribution < -0.4 is 10.1 Å². The Hall–Kier alpha value is -2.60. The third-order valence-corrected chi connectivity index (χ3v) is 3.86. The highest BCUT2D eigenvalue weighted by Crippen LogP contribution is 2.23. The molecule has 0 aliphatic heterocycles. The summed E-state index contributed by atoms with van der Waals surface area (Å²) in [7, 11) is 1.50. The number of ether oxygens (including phenoxy) is 1. The maximum Gasteiger partial charge on any atom is 0.255 e. The van der Waals surface area contributed by atoms with Gasteiger partial charge in [0.1, 0.15) is 18.1 Å². The van der Waals surface area contributed by atoms with Crippen molar-refractivity contribution in [3.05, 3.63) is 58.9 Å². The van der Waals surface area contributed by atoms with Crippen LogP contribution in [0.1, 0.15) is 17.3 Å². The summed E-state index contributed by atoms with van der Waals surface area (Å²) < 4.78 is 18.3. The molecule has 2 aromatic carbocycles. The zero-order chi connectivity index (χ0) is 18.4. The molecular weight excluding hydrogens is 347 g/mol. The summed E-state index contributed by atoms with van der Waals surface area (Å²) in [6, 6.07) is 10.5. The number of likely N-dealkylation sites (N-methyl/N-ethyl adjacent to an activating group) is 1. The standard InChI is InChI=1S/C18H18ClFN2O3/c1-3-22(18(24)13-9-8-12(20)10-14(13)19)11-17(23)21-15-6-4-5-7-16(15)25-2/h4-10H,3,11H2,1-2H3,(H,21,23). The van der Waals surface area contributed by atoms with Gasteiger partial charge in [-0.05, 0) is 37.3 Å². The van der Waals surface area contributed by atoms with E-state index in [2.05, 4.69) is 5.32 Å². The molecule has 132 valence electrons. The van der Waals surface area contributed by atoms with E-state index in [0.717, 1.165) is 12.1 Å². The van der Waals surface area contributed by atoms with Crippen molar-refractivity contribution in [1.29, 1.82) is 0 Å². The largest absolute Gasteiger partial charge is 0.495 e. The predicted molar refractivity (Wildman–Crippen MR) is 94.6 cm³/mol. The summed E-state index contributed by atoms with van der Waals surface area (Å²) in [4.78, 5) is 26.1. The summed E-state index contributed by atoms with van der Waals surface area (Å²) >= 11 is 5.93. The van der Waals surface area contributed by atoms with Crippen LogP contribution in [0.15, 0.2) is 42.5 Å². The third kappa shape index (κ3) is 4.70. The van der Waals surface area contributed by atoms with Crippen LogP contribution in [-0.4, -0.2) is 36.9 Å². The molecule has 0 radical (unpaired) electrons. The van der Waals surface area contributed by atoms with Gasteiger partial charge in [0, 0.05) is 6.54 Å². The normalized spacial score (nSPS) is 10.2. The number of hydrogen-bond acceptors (Lipinski definition) is 3. The van der Waals surface area contributed by atoms with Gasteiger partial charge < -0.3 is 15.0 Å². The van der Waals surface area contributed by atoms with Gasteiger partial charge in [-0.3, -0.25) is 9.59 Å². The molecule has 0 aliphatic carbocycles. The molecule has 2 rings (SSSR count). The van der Waals surface area contributed by atoms with Crippen LogP contribution in [0.25, 0.3) is 0 Å². The van der Waals surface area contributed by atoms with E-state index in [1.165, 1.54) is 18.1 Å². The Balaban J connectivity index is 2.10. The van der Waals surface area contributed by atoms with Crippen molar-refractivity contribution >= 4 is 29.1 Å². The average Bonchev–Trinajstić information content (AvgIpc) is 2.59. The highest BCUT2D eigenvalue weighted by Gasteiger charge is 2.20. The fourth-order valence-electron chi connectivity index (χ4n) is 2.27. The van der Waals surface area contributed by atoms with Crippen molar-refractivity contribution in [3.8, 4) is 5.75 Å². The van der Waals surface area contributed by atoms with E-state index in [4.69, 9.17) is 16.3 Å². The molecule has 0 bridgehead atoms. The Bertz CT molecular complexity index is 783. The zero-order valence-electron chi connectivity index (χ0n) is 13.9. The number of amides is 2. The second kappa shape index (κ2) is 8.48. The quantitative estimate of drug-likeness (QED) is 0.852. The Morgan fingerprint density at radius 1 is 1.24 bits per heavy atom.